The highest BCUT2D eigenvalue weighted by Gasteiger charge is 2.35. The summed E-state index contributed by atoms with van der Waals surface area (Å²) in [6.45, 7) is 2.50. The number of nitrogens with one attached hydrogen (secondary N) is 1. The number of aromatic nitrogens is 3. The first-order chi connectivity index (χ1) is 18.2. The van der Waals surface area contributed by atoms with Gasteiger partial charge < -0.3 is 19.3 Å². The van der Waals surface area contributed by atoms with Gasteiger partial charge in [0.25, 0.3) is 0 Å². The molecule has 2 amide bonds. The summed E-state index contributed by atoms with van der Waals surface area (Å²) in [4.78, 5) is 20.6. The molecule has 0 radical (unpaired) electrons. The maximum atomic E-state index is 14.3. The van der Waals surface area contributed by atoms with Crippen LogP contribution < -0.4 is 4.74 Å². The lowest BCUT2D eigenvalue weighted by Crippen LogP contribution is -2.52. The Hall–Kier alpha value is -3.74. The van der Waals surface area contributed by atoms with Crippen molar-refractivity contribution in [1.29, 1.82) is 0 Å². The van der Waals surface area contributed by atoms with Crippen LogP contribution in [0.4, 0.5) is 26.7 Å². The molecule has 202 valence electrons. The molecule has 0 aliphatic carbocycles. The van der Waals surface area contributed by atoms with E-state index >= 15 is 0 Å². The smallest absolute Gasteiger partial charge is 0.406 e. The molecule has 0 bridgehead atoms. The molecule has 13 heteroatoms. The SMILES string of the molecule is O=C(N1CCOCC1)N1CC(c2ccc(OC(F)(F)F)cc2)CC(c2cc(-c3ncc(F)cc3F)n[nH]2)C1. The number of benzene rings is 1. The van der Waals surface area contributed by atoms with Gasteiger partial charge in [0, 0.05) is 49.8 Å². The van der Waals surface area contributed by atoms with Crippen LogP contribution in [-0.4, -0.2) is 76.8 Å². The van der Waals surface area contributed by atoms with Gasteiger partial charge in [0.1, 0.15) is 23.0 Å². The van der Waals surface area contributed by atoms with Crippen molar-refractivity contribution in [3.63, 3.8) is 0 Å². The number of carbonyl (C=O) groups excluding carboxylic acids is 1. The summed E-state index contributed by atoms with van der Waals surface area (Å²) in [6, 6.07) is 7.79. The van der Waals surface area contributed by atoms with Gasteiger partial charge in [-0.15, -0.1) is 13.2 Å². The number of rotatable bonds is 4. The average Bonchev–Trinajstić information content (AvgIpc) is 3.38. The molecule has 2 saturated heterocycles. The molecule has 5 rings (SSSR count). The molecule has 2 aliphatic heterocycles. The predicted octanol–water partition coefficient (Wildman–Crippen LogP) is 4.67. The van der Waals surface area contributed by atoms with Crippen molar-refractivity contribution in [2.45, 2.75) is 24.6 Å². The van der Waals surface area contributed by atoms with Crippen LogP contribution in [0.2, 0.25) is 0 Å². The van der Waals surface area contributed by atoms with Gasteiger partial charge >= 0.3 is 12.4 Å². The lowest BCUT2D eigenvalue weighted by Gasteiger charge is -2.41. The highest BCUT2D eigenvalue weighted by atomic mass is 19.4. The summed E-state index contributed by atoms with van der Waals surface area (Å²) < 4.78 is 74.7. The van der Waals surface area contributed by atoms with Gasteiger partial charge in [-0.1, -0.05) is 12.1 Å². The molecule has 0 spiro atoms. The van der Waals surface area contributed by atoms with E-state index in [1.165, 1.54) is 12.1 Å². The molecular formula is C25H24F5N5O3. The summed E-state index contributed by atoms with van der Waals surface area (Å²) in [5.74, 6) is -2.43. The van der Waals surface area contributed by atoms with Crippen molar-refractivity contribution >= 4 is 6.03 Å². The predicted molar refractivity (Wildman–Crippen MR) is 124 cm³/mol. The van der Waals surface area contributed by atoms with Gasteiger partial charge in [-0.2, -0.15) is 5.10 Å². The Balaban J connectivity index is 1.41. The fourth-order valence-corrected chi connectivity index (χ4v) is 4.89. The highest BCUT2D eigenvalue weighted by Crippen LogP contribution is 2.37. The first kappa shape index (κ1) is 25.9. The Bertz CT molecular complexity index is 1280. The number of carbonyl (C=O) groups is 1. The number of aromatic amines is 1. The summed E-state index contributed by atoms with van der Waals surface area (Å²) in [7, 11) is 0. The van der Waals surface area contributed by atoms with Crippen molar-refractivity contribution < 1.29 is 36.2 Å². The second-order valence-corrected chi connectivity index (χ2v) is 9.23. The van der Waals surface area contributed by atoms with Gasteiger partial charge in [0.2, 0.25) is 0 Å². The minimum atomic E-state index is -4.80. The number of piperidine rings is 1. The Kier molecular flexibility index (Phi) is 7.19. The van der Waals surface area contributed by atoms with E-state index in [1.54, 1.807) is 28.0 Å². The first-order valence-electron chi connectivity index (χ1n) is 12.0. The van der Waals surface area contributed by atoms with E-state index in [-0.39, 0.29) is 35.0 Å². The number of nitrogens with zero attached hydrogens (tertiary/aromatic N) is 4. The van der Waals surface area contributed by atoms with Crippen LogP contribution in [0.15, 0.2) is 42.6 Å². The molecule has 2 aromatic heterocycles. The van der Waals surface area contributed by atoms with E-state index in [4.69, 9.17) is 4.74 Å². The standard InChI is InChI=1S/C25H24F5N5O3/c26-18-10-20(27)23(31-12-18)22-11-21(32-33-22)17-9-16(15-1-3-19(4-2-15)38-25(28,29)30)13-35(14-17)24(36)34-5-7-37-8-6-34/h1-4,10-12,16-17H,5-9,13-14H2,(H,32,33). The second kappa shape index (κ2) is 10.6. The van der Waals surface area contributed by atoms with Crippen LogP contribution in [0.1, 0.15) is 29.5 Å². The molecule has 0 saturated carbocycles. The fraction of sp³-hybridized carbons (Fsp3) is 0.400. The number of H-pyrrole nitrogens is 1. The van der Waals surface area contributed by atoms with Crippen LogP contribution in [0.5, 0.6) is 5.75 Å². The van der Waals surface area contributed by atoms with E-state index < -0.39 is 18.0 Å². The van der Waals surface area contributed by atoms with Crippen molar-refractivity contribution in [1.82, 2.24) is 25.0 Å². The van der Waals surface area contributed by atoms with Crippen molar-refractivity contribution in [2.75, 3.05) is 39.4 Å². The van der Waals surface area contributed by atoms with E-state index in [2.05, 4.69) is 19.9 Å². The maximum absolute atomic E-state index is 14.3. The number of amides is 2. The number of hydrogen-bond acceptors (Lipinski definition) is 5. The zero-order valence-corrected chi connectivity index (χ0v) is 20.0. The normalized spacial score (nSPS) is 20.4. The summed E-state index contributed by atoms with van der Waals surface area (Å²) in [6.07, 6.45) is -3.35. The topological polar surface area (TPSA) is 83.6 Å². The van der Waals surface area contributed by atoms with Crippen LogP contribution in [0, 0.1) is 11.6 Å². The third-order valence-corrected chi connectivity index (χ3v) is 6.68. The largest absolute Gasteiger partial charge is 0.573 e. The molecule has 3 aromatic rings. The number of likely N-dealkylation sites (tertiary alicyclic amines) is 1. The lowest BCUT2D eigenvalue weighted by atomic mass is 9.83. The highest BCUT2D eigenvalue weighted by molar-refractivity contribution is 5.75. The number of hydrogen-bond donors (Lipinski definition) is 1. The maximum Gasteiger partial charge on any atom is 0.573 e. The van der Waals surface area contributed by atoms with Gasteiger partial charge in [-0.25, -0.2) is 18.6 Å². The molecule has 4 heterocycles. The van der Waals surface area contributed by atoms with Crippen molar-refractivity contribution in [3.05, 3.63) is 65.5 Å². The molecule has 2 atom stereocenters. The quantitative estimate of drug-likeness (QED) is 0.489. The van der Waals surface area contributed by atoms with Crippen molar-refractivity contribution in [2.24, 2.45) is 0 Å². The average molecular weight is 537 g/mol. The third-order valence-electron chi connectivity index (χ3n) is 6.68. The van der Waals surface area contributed by atoms with Crippen LogP contribution in [-0.2, 0) is 4.74 Å². The zero-order chi connectivity index (χ0) is 26.9. The van der Waals surface area contributed by atoms with Crippen LogP contribution >= 0.6 is 0 Å². The van der Waals surface area contributed by atoms with Crippen LogP contribution in [0.25, 0.3) is 11.4 Å². The molecule has 2 aliphatic rings. The number of morpholine rings is 1. The minimum Gasteiger partial charge on any atom is -0.406 e. The molecule has 1 N–H and O–H groups in total. The minimum absolute atomic E-state index is 0.109. The molecule has 2 fully saturated rings. The number of halogens is 5. The van der Waals surface area contributed by atoms with E-state index in [9.17, 15) is 26.7 Å². The summed E-state index contributed by atoms with van der Waals surface area (Å²) >= 11 is 0. The Morgan fingerprint density at radius 1 is 1.03 bits per heavy atom. The molecular weight excluding hydrogens is 513 g/mol. The molecule has 2 unspecified atom stereocenters. The van der Waals surface area contributed by atoms with E-state index in [1.807, 2.05) is 0 Å². The first-order valence-corrected chi connectivity index (χ1v) is 12.0. The number of alkyl halides is 3. The molecule has 8 nitrogen and oxygen atoms in total. The third kappa shape index (κ3) is 5.87. The second-order valence-electron chi connectivity index (χ2n) is 9.23. The van der Waals surface area contributed by atoms with Gasteiger partial charge in [-0.3, -0.25) is 5.10 Å². The fourth-order valence-electron chi connectivity index (χ4n) is 4.89. The Labute approximate surface area is 214 Å². The monoisotopic (exact) mass is 537 g/mol. The number of pyridine rings is 1. The summed E-state index contributed by atoms with van der Waals surface area (Å²) in [5.41, 5.74) is 1.46. The van der Waals surface area contributed by atoms with E-state index in [0.29, 0.717) is 51.5 Å². The summed E-state index contributed by atoms with van der Waals surface area (Å²) in [5, 5.41) is 7.05. The van der Waals surface area contributed by atoms with E-state index in [0.717, 1.165) is 17.8 Å². The lowest BCUT2D eigenvalue weighted by molar-refractivity contribution is -0.274. The van der Waals surface area contributed by atoms with Gasteiger partial charge in [0.05, 0.1) is 19.4 Å². The van der Waals surface area contributed by atoms with Gasteiger partial charge in [0.15, 0.2) is 5.82 Å². The Morgan fingerprint density at radius 2 is 1.74 bits per heavy atom. The van der Waals surface area contributed by atoms with Crippen molar-refractivity contribution in [3.8, 4) is 17.1 Å². The van der Waals surface area contributed by atoms with Crippen LogP contribution in [0.3, 0.4) is 0 Å². The van der Waals surface area contributed by atoms with Gasteiger partial charge in [-0.05, 0) is 30.2 Å². The molecule has 1 aromatic carbocycles. The number of ether oxygens (including phenoxy) is 2. The molecule has 38 heavy (non-hydrogen) atoms. The zero-order valence-electron chi connectivity index (χ0n) is 20.0. The number of urea groups is 1. The Morgan fingerprint density at radius 3 is 2.42 bits per heavy atom.